The number of nitrogens with one attached hydrogen (secondary N) is 2. The van der Waals surface area contributed by atoms with E-state index < -0.39 is 15.8 Å². The normalized spacial score (nSPS) is 11.0. The number of rotatable bonds is 8. The van der Waals surface area contributed by atoms with Crippen LogP contribution in [0, 0.1) is 5.82 Å². The van der Waals surface area contributed by atoms with Crippen LogP contribution >= 0.6 is 0 Å². The second kappa shape index (κ2) is 9.41. The number of carbonyl (C=O) groups is 1. The maximum Gasteiger partial charge on any atom is 0.261 e. The number of sulfonamides is 1. The molecule has 0 bridgehead atoms. The van der Waals surface area contributed by atoms with E-state index in [0.29, 0.717) is 24.2 Å². The van der Waals surface area contributed by atoms with Gasteiger partial charge in [0, 0.05) is 17.8 Å². The molecule has 156 valence electrons. The summed E-state index contributed by atoms with van der Waals surface area (Å²) in [6.07, 6.45) is 0.616. The molecule has 3 aromatic rings. The number of para-hydroxylation sites is 1. The van der Waals surface area contributed by atoms with E-state index in [2.05, 4.69) is 10.0 Å². The van der Waals surface area contributed by atoms with Crippen molar-refractivity contribution >= 4 is 21.6 Å². The lowest BCUT2D eigenvalue weighted by molar-refractivity contribution is 0.0954. The summed E-state index contributed by atoms with van der Waals surface area (Å²) in [6, 6.07) is 18.2. The van der Waals surface area contributed by atoms with Crippen molar-refractivity contribution in [3.8, 4) is 5.75 Å². The Morgan fingerprint density at radius 2 is 1.63 bits per heavy atom. The van der Waals surface area contributed by atoms with Crippen molar-refractivity contribution in [3.63, 3.8) is 0 Å². The predicted molar refractivity (Wildman–Crippen MR) is 113 cm³/mol. The minimum absolute atomic E-state index is 0.0536. The SMILES string of the molecule is COc1ccccc1CCNC(=O)c1ccc(NS(=O)(=O)c2ccc(F)cc2)cc1. The lowest BCUT2D eigenvalue weighted by Gasteiger charge is -2.10. The van der Waals surface area contributed by atoms with Crippen LogP contribution in [0.25, 0.3) is 0 Å². The van der Waals surface area contributed by atoms with Crippen LogP contribution in [-0.4, -0.2) is 28.0 Å². The van der Waals surface area contributed by atoms with E-state index in [9.17, 15) is 17.6 Å². The summed E-state index contributed by atoms with van der Waals surface area (Å²) >= 11 is 0. The molecule has 0 saturated heterocycles. The number of methoxy groups -OCH3 is 1. The minimum Gasteiger partial charge on any atom is -0.496 e. The minimum atomic E-state index is -3.84. The fourth-order valence-corrected chi connectivity index (χ4v) is 3.90. The van der Waals surface area contributed by atoms with Gasteiger partial charge in [-0.15, -0.1) is 0 Å². The Hall–Kier alpha value is -3.39. The van der Waals surface area contributed by atoms with Crippen LogP contribution in [0.15, 0.2) is 77.7 Å². The van der Waals surface area contributed by atoms with Crippen LogP contribution in [0.5, 0.6) is 5.75 Å². The molecule has 0 heterocycles. The van der Waals surface area contributed by atoms with Crippen LogP contribution in [0.2, 0.25) is 0 Å². The molecular formula is C22H21FN2O4S. The van der Waals surface area contributed by atoms with Gasteiger partial charge in [0.25, 0.3) is 15.9 Å². The Bertz CT molecular complexity index is 1110. The first kappa shape index (κ1) is 21.3. The van der Waals surface area contributed by atoms with Gasteiger partial charge in [0.1, 0.15) is 11.6 Å². The molecule has 2 N–H and O–H groups in total. The zero-order valence-electron chi connectivity index (χ0n) is 16.3. The quantitative estimate of drug-likeness (QED) is 0.574. The molecule has 0 fully saturated rings. The van der Waals surface area contributed by atoms with Crippen LogP contribution in [0.4, 0.5) is 10.1 Å². The number of anilines is 1. The molecule has 8 heteroatoms. The Morgan fingerprint density at radius 3 is 2.30 bits per heavy atom. The number of carbonyl (C=O) groups excluding carboxylic acids is 1. The molecular weight excluding hydrogens is 407 g/mol. The van der Waals surface area contributed by atoms with E-state index in [1.165, 1.54) is 36.4 Å². The molecule has 0 aromatic heterocycles. The summed E-state index contributed by atoms with van der Waals surface area (Å²) in [7, 11) is -2.24. The first-order chi connectivity index (χ1) is 14.4. The number of halogens is 1. The van der Waals surface area contributed by atoms with Crippen molar-refractivity contribution in [2.24, 2.45) is 0 Å². The highest BCUT2D eigenvalue weighted by Crippen LogP contribution is 2.18. The van der Waals surface area contributed by atoms with Crippen molar-refractivity contribution in [1.29, 1.82) is 0 Å². The number of ether oxygens (including phenoxy) is 1. The van der Waals surface area contributed by atoms with Crippen molar-refractivity contribution in [2.45, 2.75) is 11.3 Å². The van der Waals surface area contributed by atoms with Crippen LogP contribution in [-0.2, 0) is 16.4 Å². The molecule has 0 atom stereocenters. The van der Waals surface area contributed by atoms with E-state index in [4.69, 9.17) is 4.74 Å². The molecule has 0 aliphatic rings. The average molecular weight is 428 g/mol. The molecule has 0 spiro atoms. The highest BCUT2D eigenvalue weighted by molar-refractivity contribution is 7.92. The van der Waals surface area contributed by atoms with Gasteiger partial charge in [0.15, 0.2) is 0 Å². The molecule has 0 aliphatic heterocycles. The van der Waals surface area contributed by atoms with Crippen LogP contribution in [0.1, 0.15) is 15.9 Å². The smallest absolute Gasteiger partial charge is 0.261 e. The van der Waals surface area contributed by atoms with Gasteiger partial charge < -0.3 is 10.1 Å². The fourth-order valence-electron chi connectivity index (χ4n) is 2.84. The lowest BCUT2D eigenvalue weighted by Crippen LogP contribution is -2.25. The van der Waals surface area contributed by atoms with Crippen molar-refractivity contribution in [3.05, 3.63) is 89.7 Å². The van der Waals surface area contributed by atoms with Gasteiger partial charge in [-0.2, -0.15) is 0 Å². The number of amides is 1. The third-order valence-electron chi connectivity index (χ3n) is 4.40. The molecule has 3 aromatic carbocycles. The van der Waals surface area contributed by atoms with E-state index >= 15 is 0 Å². The lowest BCUT2D eigenvalue weighted by atomic mass is 10.1. The fraction of sp³-hybridized carbons (Fsp3) is 0.136. The first-order valence-electron chi connectivity index (χ1n) is 9.17. The van der Waals surface area contributed by atoms with Crippen LogP contribution in [0.3, 0.4) is 0 Å². The zero-order chi connectivity index (χ0) is 21.6. The second-order valence-electron chi connectivity index (χ2n) is 6.45. The molecule has 30 heavy (non-hydrogen) atoms. The third kappa shape index (κ3) is 5.36. The molecule has 0 saturated carbocycles. The second-order valence-corrected chi connectivity index (χ2v) is 8.14. The van der Waals surface area contributed by atoms with E-state index in [-0.39, 0.29) is 10.8 Å². The Labute approximate surface area is 174 Å². The molecule has 1 amide bonds. The predicted octanol–water partition coefficient (Wildman–Crippen LogP) is 3.61. The maximum absolute atomic E-state index is 13.0. The van der Waals surface area contributed by atoms with E-state index in [0.717, 1.165) is 23.4 Å². The van der Waals surface area contributed by atoms with E-state index in [1.807, 2.05) is 24.3 Å². The molecule has 0 aliphatic carbocycles. The average Bonchev–Trinajstić information content (AvgIpc) is 2.74. The first-order valence-corrected chi connectivity index (χ1v) is 10.7. The highest BCUT2D eigenvalue weighted by atomic mass is 32.2. The number of hydrogen-bond acceptors (Lipinski definition) is 4. The topological polar surface area (TPSA) is 84.5 Å². The molecule has 6 nitrogen and oxygen atoms in total. The summed E-state index contributed by atoms with van der Waals surface area (Å²) in [4.78, 5) is 12.3. The van der Waals surface area contributed by atoms with Crippen molar-refractivity contribution in [2.75, 3.05) is 18.4 Å². The van der Waals surface area contributed by atoms with Gasteiger partial charge in [-0.3, -0.25) is 9.52 Å². The summed E-state index contributed by atoms with van der Waals surface area (Å²) in [6.45, 7) is 0.429. The maximum atomic E-state index is 13.0. The molecule has 3 rings (SSSR count). The summed E-state index contributed by atoms with van der Waals surface area (Å²) in [5, 5.41) is 2.83. The van der Waals surface area contributed by atoms with Gasteiger partial charge in [-0.1, -0.05) is 18.2 Å². The number of hydrogen-bond donors (Lipinski definition) is 2. The van der Waals surface area contributed by atoms with Gasteiger partial charge >= 0.3 is 0 Å². The van der Waals surface area contributed by atoms with Crippen molar-refractivity contribution < 1.29 is 22.3 Å². The van der Waals surface area contributed by atoms with Crippen LogP contribution < -0.4 is 14.8 Å². The Morgan fingerprint density at radius 1 is 0.967 bits per heavy atom. The van der Waals surface area contributed by atoms with Gasteiger partial charge in [0.05, 0.1) is 12.0 Å². The number of benzene rings is 3. The summed E-state index contributed by atoms with van der Waals surface area (Å²) < 4.78 is 45.4. The molecule has 0 radical (unpaired) electrons. The largest absolute Gasteiger partial charge is 0.496 e. The van der Waals surface area contributed by atoms with E-state index in [1.54, 1.807) is 7.11 Å². The Balaban J connectivity index is 1.58. The van der Waals surface area contributed by atoms with Gasteiger partial charge in [-0.25, -0.2) is 12.8 Å². The van der Waals surface area contributed by atoms with Gasteiger partial charge in [0.2, 0.25) is 0 Å². The van der Waals surface area contributed by atoms with Gasteiger partial charge in [-0.05, 0) is 66.6 Å². The zero-order valence-corrected chi connectivity index (χ0v) is 17.1. The highest BCUT2D eigenvalue weighted by Gasteiger charge is 2.14. The standard InChI is InChI=1S/C22H21FN2O4S/c1-29-21-5-3-2-4-16(21)14-15-24-22(26)17-6-10-19(11-7-17)25-30(27,28)20-12-8-18(23)9-13-20/h2-13,25H,14-15H2,1H3,(H,24,26). The summed E-state index contributed by atoms with van der Waals surface area (Å²) in [5.41, 5.74) is 1.69. The van der Waals surface area contributed by atoms with Crippen molar-refractivity contribution in [1.82, 2.24) is 5.32 Å². The monoisotopic (exact) mass is 428 g/mol. The Kier molecular flexibility index (Phi) is 6.68. The third-order valence-corrected chi connectivity index (χ3v) is 5.79. The summed E-state index contributed by atoms with van der Waals surface area (Å²) in [5.74, 6) is -0.0163. The molecule has 0 unspecified atom stereocenters.